The molecule has 1 rings (SSSR count). The molecule has 0 N–H and O–H groups in total. The number of alkyl halides is 2. The summed E-state index contributed by atoms with van der Waals surface area (Å²) in [7, 11) is 0. The van der Waals surface area contributed by atoms with Crippen molar-refractivity contribution in [2.75, 3.05) is 0 Å². The normalized spacial score (nSPS) is 21.4. The summed E-state index contributed by atoms with van der Waals surface area (Å²) in [6.45, 7) is 0. The molecule has 58 valence electrons. The second kappa shape index (κ2) is 2.64. The Morgan fingerprint density at radius 3 is 2.20 bits per heavy atom. The summed E-state index contributed by atoms with van der Waals surface area (Å²) in [6, 6.07) is 0. The summed E-state index contributed by atoms with van der Waals surface area (Å²) < 4.78 is 25.0. The molecule has 0 amide bonds. The van der Waals surface area contributed by atoms with Crippen LogP contribution in [0.15, 0.2) is 0 Å². The van der Waals surface area contributed by atoms with Gasteiger partial charge in [-0.05, 0) is 12.8 Å². The third kappa shape index (κ3) is 1.33. The molecule has 0 spiro atoms. The topological polar surface area (TPSA) is 17.1 Å². The summed E-state index contributed by atoms with van der Waals surface area (Å²) in [5.74, 6) is -3.73. The van der Waals surface area contributed by atoms with Gasteiger partial charge in [0.25, 0.3) is 0 Å². The molecular formula is C7H10F2O. The van der Waals surface area contributed by atoms with Crippen LogP contribution in [0.5, 0.6) is 0 Å². The van der Waals surface area contributed by atoms with Gasteiger partial charge in [0.2, 0.25) is 0 Å². The highest BCUT2D eigenvalue weighted by molar-refractivity contribution is 5.60. The molecule has 0 atom stereocenters. The number of halogens is 2. The van der Waals surface area contributed by atoms with Crippen LogP contribution in [-0.4, -0.2) is 12.2 Å². The third-order valence-electron chi connectivity index (χ3n) is 2.06. The van der Waals surface area contributed by atoms with E-state index in [0.29, 0.717) is 12.8 Å². The van der Waals surface area contributed by atoms with Crippen LogP contribution < -0.4 is 0 Å². The van der Waals surface area contributed by atoms with E-state index in [1.165, 1.54) is 0 Å². The number of aldehydes is 1. The predicted octanol–water partition coefficient (Wildman–Crippen LogP) is 2.01. The van der Waals surface area contributed by atoms with Gasteiger partial charge in [0.15, 0.2) is 6.29 Å². The molecule has 0 aromatic carbocycles. The van der Waals surface area contributed by atoms with Gasteiger partial charge >= 0.3 is 5.92 Å². The molecule has 0 unspecified atom stereocenters. The van der Waals surface area contributed by atoms with Crippen LogP contribution in [0, 0.1) is 5.92 Å². The van der Waals surface area contributed by atoms with E-state index in [2.05, 4.69) is 0 Å². The van der Waals surface area contributed by atoms with E-state index in [9.17, 15) is 13.6 Å². The van der Waals surface area contributed by atoms with Gasteiger partial charge in [0.1, 0.15) is 0 Å². The minimum Gasteiger partial charge on any atom is -0.297 e. The number of carbonyl (C=O) groups excluding carboxylic acids is 1. The van der Waals surface area contributed by atoms with E-state index in [1.807, 2.05) is 0 Å². The van der Waals surface area contributed by atoms with Crippen molar-refractivity contribution >= 4 is 6.29 Å². The van der Waals surface area contributed by atoms with Crippen LogP contribution in [0.25, 0.3) is 0 Å². The summed E-state index contributed by atoms with van der Waals surface area (Å²) in [4.78, 5) is 9.86. The Kier molecular flexibility index (Phi) is 2.02. The maximum absolute atomic E-state index is 12.5. The monoisotopic (exact) mass is 148 g/mol. The van der Waals surface area contributed by atoms with Gasteiger partial charge in [-0.15, -0.1) is 0 Å². The van der Waals surface area contributed by atoms with Crippen LogP contribution in [0.3, 0.4) is 0 Å². The van der Waals surface area contributed by atoms with Crippen LogP contribution in [0.2, 0.25) is 0 Å². The van der Waals surface area contributed by atoms with E-state index in [1.54, 1.807) is 0 Å². The molecule has 0 heterocycles. The number of rotatable bonds is 2. The van der Waals surface area contributed by atoms with E-state index in [4.69, 9.17) is 0 Å². The first-order chi connectivity index (χ1) is 4.67. The largest absolute Gasteiger partial charge is 0.305 e. The summed E-state index contributed by atoms with van der Waals surface area (Å²) in [5.41, 5.74) is 0. The second-order valence-electron chi connectivity index (χ2n) is 2.77. The number of hydrogen-bond donors (Lipinski definition) is 0. The number of hydrogen-bond acceptors (Lipinski definition) is 1. The van der Waals surface area contributed by atoms with Gasteiger partial charge in [0.05, 0.1) is 0 Å². The van der Waals surface area contributed by atoms with E-state index >= 15 is 0 Å². The lowest BCUT2D eigenvalue weighted by Gasteiger charge is -2.15. The van der Waals surface area contributed by atoms with Gasteiger partial charge in [0, 0.05) is 5.92 Å². The average Bonchev–Trinajstić information content (AvgIpc) is 2.38. The molecule has 1 fully saturated rings. The first kappa shape index (κ1) is 7.63. The fourth-order valence-electron chi connectivity index (χ4n) is 1.41. The van der Waals surface area contributed by atoms with Crippen molar-refractivity contribution in [1.82, 2.24) is 0 Å². The van der Waals surface area contributed by atoms with Gasteiger partial charge in [-0.1, -0.05) is 12.8 Å². The van der Waals surface area contributed by atoms with Gasteiger partial charge < -0.3 is 0 Å². The van der Waals surface area contributed by atoms with Crippen molar-refractivity contribution in [1.29, 1.82) is 0 Å². The van der Waals surface area contributed by atoms with Gasteiger partial charge in [-0.3, -0.25) is 4.79 Å². The van der Waals surface area contributed by atoms with E-state index in [0.717, 1.165) is 12.8 Å². The first-order valence-corrected chi connectivity index (χ1v) is 3.51. The molecule has 1 nitrogen and oxygen atoms in total. The van der Waals surface area contributed by atoms with Crippen LogP contribution >= 0.6 is 0 Å². The van der Waals surface area contributed by atoms with Crippen molar-refractivity contribution in [3.05, 3.63) is 0 Å². The molecule has 3 heteroatoms. The molecule has 0 aromatic heterocycles. The quantitative estimate of drug-likeness (QED) is 0.547. The van der Waals surface area contributed by atoms with Crippen LogP contribution in [-0.2, 0) is 4.79 Å². The molecule has 0 saturated heterocycles. The first-order valence-electron chi connectivity index (χ1n) is 3.51. The van der Waals surface area contributed by atoms with Gasteiger partial charge in [-0.2, -0.15) is 8.78 Å². The van der Waals surface area contributed by atoms with Crippen molar-refractivity contribution in [2.45, 2.75) is 31.6 Å². The van der Waals surface area contributed by atoms with Crippen LogP contribution in [0.1, 0.15) is 25.7 Å². The predicted molar refractivity (Wildman–Crippen MR) is 33.0 cm³/mol. The maximum atomic E-state index is 12.5. The van der Waals surface area contributed by atoms with E-state index in [-0.39, 0.29) is 6.29 Å². The summed E-state index contributed by atoms with van der Waals surface area (Å²) in [6.07, 6.45) is 2.47. The molecule has 10 heavy (non-hydrogen) atoms. The molecule has 0 bridgehead atoms. The molecule has 0 radical (unpaired) electrons. The minimum atomic E-state index is -3.06. The molecule has 1 aliphatic carbocycles. The highest BCUT2D eigenvalue weighted by Gasteiger charge is 2.40. The number of carbonyl (C=O) groups is 1. The molecule has 1 saturated carbocycles. The summed E-state index contributed by atoms with van der Waals surface area (Å²) in [5, 5.41) is 0. The fraction of sp³-hybridized carbons (Fsp3) is 0.857. The Labute approximate surface area is 58.4 Å². The maximum Gasteiger partial charge on any atom is 0.305 e. The third-order valence-corrected chi connectivity index (χ3v) is 2.06. The lowest BCUT2D eigenvalue weighted by atomic mass is 10.0. The smallest absolute Gasteiger partial charge is 0.297 e. The van der Waals surface area contributed by atoms with Crippen molar-refractivity contribution in [3.63, 3.8) is 0 Å². The zero-order valence-corrected chi connectivity index (χ0v) is 5.65. The van der Waals surface area contributed by atoms with Crippen molar-refractivity contribution in [2.24, 2.45) is 5.92 Å². The standard InChI is InChI=1S/C7H10F2O/c8-7(9,5-10)6-3-1-2-4-6/h5-6H,1-4H2. The van der Waals surface area contributed by atoms with Crippen molar-refractivity contribution in [3.8, 4) is 0 Å². The lowest BCUT2D eigenvalue weighted by molar-refractivity contribution is -0.136. The Morgan fingerprint density at radius 1 is 1.30 bits per heavy atom. The SMILES string of the molecule is O=CC(F)(F)C1CCCC1. The Morgan fingerprint density at radius 2 is 1.80 bits per heavy atom. The Hall–Kier alpha value is -0.470. The molecule has 0 aliphatic heterocycles. The summed E-state index contributed by atoms with van der Waals surface area (Å²) >= 11 is 0. The highest BCUT2D eigenvalue weighted by atomic mass is 19.3. The van der Waals surface area contributed by atoms with Crippen molar-refractivity contribution < 1.29 is 13.6 Å². The second-order valence-corrected chi connectivity index (χ2v) is 2.77. The van der Waals surface area contributed by atoms with Gasteiger partial charge in [-0.25, -0.2) is 0 Å². The lowest BCUT2D eigenvalue weighted by Crippen LogP contribution is -2.27. The molecular weight excluding hydrogens is 138 g/mol. The van der Waals surface area contributed by atoms with Crippen LogP contribution in [0.4, 0.5) is 8.78 Å². The Bertz CT molecular complexity index is 128. The molecule has 0 aromatic rings. The zero-order valence-electron chi connectivity index (χ0n) is 5.65. The molecule has 1 aliphatic rings. The minimum absolute atomic E-state index is 0.219. The highest BCUT2D eigenvalue weighted by Crippen LogP contribution is 2.36. The zero-order chi connectivity index (χ0) is 7.61. The average molecular weight is 148 g/mol. The fourth-order valence-corrected chi connectivity index (χ4v) is 1.41. The van der Waals surface area contributed by atoms with E-state index < -0.39 is 11.8 Å². The Balaban J connectivity index is 2.53.